The number of ether oxygens (including phenoxy) is 1. The maximum Gasteiger partial charge on any atom is 0.251 e. The largest absolute Gasteiger partial charge is 0.495 e. The van der Waals surface area contributed by atoms with E-state index in [1.807, 2.05) is 51.1 Å². The molecule has 0 spiro atoms. The van der Waals surface area contributed by atoms with Crippen molar-refractivity contribution in [1.29, 1.82) is 0 Å². The molecule has 1 atom stereocenters. The van der Waals surface area contributed by atoms with E-state index < -0.39 is 10.0 Å². The molecule has 34 heavy (non-hydrogen) atoms. The van der Waals surface area contributed by atoms with Crippen LogP contribution in [0, 0.1) is 20.8 Å². The molecule has 0 aliphatic heterocycles. The Morgan fingerprint density at radius 3 is 2.29 bits per heavy atom. The Labute approximate surface area is 202 Å². The van der Waals surface area contributed by atoms with Gasteiger partial charge in [0, 0.05) is 12.1 Å². The molecule has 0 aromatic heterocycles. The number of hydrogen-bond acceptors (Lipinski definition) is 4. The molecule has 6 nitrogen and oxygen atoms in total. The molecule has 0 aliphatic rings. The van der Waals surface area contributed by atoms with Crippen LogP contribution < -0.4 is 14.8 Å². The van der Waals surface area contributed by atoms with Crippen LogP contribution in [0.1, 0.15) is 51.1 Å². The predicted octanol–water partition coefficient (Wildman–Crippen LogP) is 4.63. The lowest BCUT2D eigenvalue weighted by Crippen LogP contribution is -2.29. The van der Waals surface area contributed by atoms with Gasteiger partial charge in [-0.25, -0.2) is 13.1 Å². The number of benzene rings is 3. The van der Waals surface area contributed by atoms with Crippen molar-refractivity contribution < 1.29 is 17.9 Å². The van der Waals surface area contributed by atoms with E-state index in [-0.39, 0.29) is 34.7 Å². The fraction of sp³-hybridized carbons (Fsp3) is 0.296. The third kappa shape index (κ3) is 6.04. The Kier molecular flexibility index (Phi) is 8.12. The quantitative estimate of drug-likeness (QED) is 0.468. The Hall–Kier alpha value is -3.16. The third-order valence-corrected chi connectivity index (χ3v) is 7.44. The maximum atomic E-state index is 13.0. The van der Waals surface area contributed by atoms with E-state index in [4.69, 9.17) is 4.74 Å². The van der Waals surface area contributed by atoms with Gasteiger partial charge in [-0.05, 0) is 80.1 Å². The summed E-state index contributed by atoms with van der Waals surface area (Å²) in [7, 11) is -2.48. The molecule has 1 amide bonds. The summed E-state index contributed by atoms with van der Waals surface area (Å²) in [5, 5.41) is 2.99. The van der Waals surface area contributed by atoms with Gasteiger partial charge >= 0.3 is 0 Å². The first-order valence-corrected chi connectivity index (χ1v) is 12.7. The zero-order valence-corrected chi connectivity index (χ0v) is 21.1. The van der Waals surface area contributed by atoms with Crippen LogP contribution in [-0.4, -0.2) is 28.0 Å². The number of methoxy groups -OCH3 is 1. The smallest absolute Gasteiger partial charge is 0.251 e. The summed E-state index contributed by atoms with van der Waals surface area (Å²) in [6.45, 7) is 8.26. The first-order chi connectivity index (χ1) is 16.1. The summed E-state index contributed by atoms with van der Waals surface area (Å²) >= 11 is 0. The number of rotatable bonds is 9. The van der Waals surface area contributed by atoms with Gasteiger partial charge in [-0.3, -0.25) is 4.79 Å². The normalized spacial score (nSPS) is 12.3. The van der Waals surface area contributed by atoms with Crippen molar-refractivity contribution in [3.05, 3.63) is 94.0 Å². The number of sulfonamides is 1. The lowest BCUT2D eigenvalue weighted by atomic mass is 9.96. The fourth-order valence-corrected chi connectivity index (χ4v) is 5.11. The van der Waals surface area contributed by atoms with E-state index in [9.17, 15) is 13.2 Å². The minimum Gasteiger partial charge on any atom is -0.495 e. The van der Waals surface area contributed by atoms with Crippen LogP contribution in [0.4, 0.5) is 0 Å². The summed E-state index contributed by atoms with van der Waals surface area (Å²) in [6, 6.07) is 18.0. The molecular formula is C27H32N2O4S. The number of hydrogen-bond donors (Lipinski definition) is 2. The van der Waals surface area contributed by atoms with Gasteiger partial charge < -0.3 is 10.1 Å². The first kappa shape index (κ1) is 25.5. The molecule has 0 fully saturated rings. The van der Waals surface area contributed by atoms with E-state index >= 15 is 0 Å². The summed E-state index contributed by atoms with van der Waals surface area (Å²) in [5.41, 5.74) is 5.75. The number of nitrogens with one attached hydrogen (secondary N) is 2. The Bertz CT molecular complexity index is 1270. The van der Waals surface area contributed by atoms with E-state index in [1.54, 1.807) is 6.07 Å². The van der Waals surface area contributed by atoms with E-state index in [2.05, 4.69) is 29.1 Å². The number of carbonyl (C=O) groups is 1. The SMILES string of the molecule is COc1ccc(C(=O)N[C@@H](C)c2cc(C)c(C)cc2C)cc1S(=O)(=O)NCCc1ccccc1. The van der Waals surface area contributed by atoms with Crippen molar-refractivity contribution in [3.63, 3.8) is 0 Å². The number of aryl methyl sites for hydroxylation is 3. The van der Waals surface area contributed by atoms with Crippen molar-refractivity contribution in [2.75, 3.05) is 13.7 Å². The van der Waals surface area contributed by atoms with Gasteiger partial charge in [0.25, 0.3) is 5.91 Å². The lowest BCUT2D eigenvalue weighted by Gasteiger charge is -2.19. The van der Waals surface area contributed by atoms with Crippen LogP contribution in [0.5, 0.6) is 5.75 Å². The third-order valence-electron chi connectivity index (χ3n) is 5.96. The maximum absolute atomic E-state index is 13.0. The first-order valence-electron chi connectivity index (χ1n) is 11.2. The van der Waals surface area contributed by atoms with Gasteiger partial charge in [-0.2, -0.15) is 0 Å². The zero-order chi connectivity index (χ0) is 24.9. The summed E-state index contributed by atoms with van der Waals surface area (Å²) < 4.78 is 33.9. The second kappa shape index (κ2) is 10.8. The molecule has 2 N–H and O–H groups in total. The second-order valence-corrected chi connectivity index (χ2v) is 10.2. The lowest BCUT2D eigenvalue weighted by molar-refractivity contribution is 0.0939. The molecule has 0 saturated carbocycles. The zero-order valence-electron chi connectivity index (χ0n) is 20.3. The molecule has 0 unspecified atom stereocenters. The van der Waals surface area contributed by atoms with E-state index in [1.165, 1.54) is 24.8 Å². The molecule has 180 valence electrons. The van der Waals surface area contributed by atoms with Gasteiger partial charge in [-0.15, -0.1) is 0 Å². The van der Waals surface area contributed by atoms with Gasteiger partial charge in [-0.1, -0.05) is 42.5 Å². The molecule has 0 heterocycles. The molecule has 3 aromatic rings. The number of carbonyl (C=O) groups excluding carboxylic acids is 1. The molecule has 0 radical (unpaired) electrons. The minimum atomic E-state index is -3.88. The average Bonchev–Trinajstić information content (AvgIpc) is 2.81. The molecule has 0 bridgehead atoms. The molecule has 0 aliphatic carbocycles. The topological polar surface area (TPSA) is 84.5 Å². The summed E-state index contributed by atoms with van der Waals surface area (Å²) in [5.74, 6) is -0.171. The molecule has 0 saturated heterocycles. The second-order valence-electron chi connectivity index (χ2n) is 8.49. The van der Waals surface area contributed by atoms with Crippen LogP contribution in [0.15, 0.2) is 65.6 Å². The molecule has 3 aromatic carbocycles. The van der Waals surface area contributed by atoms with Crippen molar-refractivity contribution in [3.8, 4) is 5.75 Å². The fourth-order valence-electron chi connectivity index (χ4n) is 3.89. The molecule has 7 heteroatoms. The Morgan fingerprint density at radius 2 is 1.62 bits per heavy atom. The van der Waals surface area contributed by atoms with Crippen molar-refractivity contribution in [2.24, 2.45) is 0 Å². The van der Waals surface area contributed by atoms with Crippen LogP contribution in [-0.2, 0) is 16.4 Å². The van der Waals surface area contributed by atoms with Crippen molar-refractivity contribution in [2.45, 2.75) is 45.1 Å². The Morgan fingerprint density at radius 1 is 0.941 bits per heavy atom. The highest BCUT2D eigenvalue weighted by Gasteiger charge is 2.22. The van der Waals surface area contributed by atoms with Crippen molar-refractivity contribution >= 4 is 15.9 Å². The highest BCUT2D eigenvalue weighted by Crippen LogP contribution is 2.26. The van der Waals surface area contributed by atoms with Crippen LogP contribution >= 0.6 is 0 Å². The van der Waals surface area contributed by atoms with Crippen LogP contribution in [0.2, 0.25) is 0 Å². The van der Waals surface area contributed by atoms with Crippen LogP contribution in [0.3, 0.4) is 0 Å². The highest BCUT2D eigenvalue weighted by atomic mass is 32.2. The standard InChI is InChI=1S/C27H32N2O4S/c1-18-15-20(3)24(16-19(18)2)21(4)29-27(30)23-11-12-25(33-5)26(17-23)34(31,32)28-14-13-22-9-7-6-8-10-22/h6-12,15-17,21,28H,13-14H2,1-5H3,(H,29,30)/t21-/m0/s1. The van der Waals surface area contributed by atoms with Gasteiger partial charge in [0.05, 0.1) is 13.2 Å². The Balaban J connectivity index is 1.78. The van der Waals surface area contributed by atoms with Gasteiger partial charge in [0.2, 0.25) is 10.0 Å². The van der Waals surface area contributed by atoms with Gasteiger partial charge in [0.1, 0.15) is 10.6 Å². The predicted molar refractivity (Wildman–Crippen MR) is 135 cm³/mol. The van der Waals surface area contributed by atoms with Gasteiger partial charge in [0.15, 0.2) is 0 Å². The minimum absolute atomic E-state index is 0.0641. The average molecular weight is 481 g/mol. The van der Waals surface area contributed by atoms with E-state index in [0.29, 0.717) is 6.42 Å². The van der Waals surface area contributed by atoms with E-state index in [0.717, 1.165) is 22.3 Å². The monoisotopic (exact) mass is 480 g/mol. The number of amides is 1. The van der Waals surface area contributed by atoms with Crippen LogP contribution in [0.25, 0.3) is 0 Å². The summed E-state index contributed by atoms with van der Waals surface area (Å²) in [4.78, 5) is 12.9. The summed E-state index contributed by atoms with van der Waals surface area (Å²) in [6.07, 6.45) is 0.551. The molecule has 3 rings (SSSR count). The molecular weight excluding hydrogens is 448 g/mol. The highest BCUT2D eigenvalue weighted by molar-refractivity contribution is 7.89. The van der Waals surface area contributed by atoms with Crippen molar-refractivity contribution in [1.82, 2.24) is 10.0 Å².